The van der Waals surface area contributed by atoms with Gasteiger partial charge in [-0.1, -0.05) is 6.07 Å². The van der Waals surface area contributed by atoms with E-state index >= 15 is 0 Å². The highest BCUT2D eigenvalue weighted by molar-refractivity contribution is 7.14. The summed E-state index contributed by atoms with van der Waals surface area (Å²) in [6.07, 6.45) is 3.32. The number of amides is 1. The van der Waals surface area contributed by atoms with Gasteiger partial charge in [-0.25, -0.2) is 9.97 Å². The number of rotatable bonds is 4. The smallest absolute Gasteiger partial charge is 0.254 e. The van der Waals surface area contributed by atoms with E-state index in [1.165, 1.54) is 16.2 Å². The van der Waals surface area contributed by atoms with Crippen molar-refractivity contribution in [3.8, 4) is 11.4 Å². The Balaban J connectivity index is 1.78. The molecule has 0 unspecified atom stereocenters. The summed E-state index contributed by atoms with van der Waals surface area (Å²) in [6, 6.07) is 7.46. The molecule has 7 heteroatoms. The summed E-state index contributed by atoms with van der Waals surface area (Å²) in [5.74, 6) is 0.721. The lowest BCUT2D eigenvalue weighted by atomic mass is 10.2. The van der Waals surface area contributed by atoms with Crippen LogP contribution in [0.1, 0.15) is 15.9 Å². The number of thiazole rings is 1. The first-order valence-electron chi connectivity index (χ1n) is 7.37. The molecule has 0 radical (unpaired) electrons. The van der Waals surface area contributed by atoms with Gasteiger partial charge in [-0.15, -0.1) is 11.3 Å². The molecule has 1 amide bonds. The average Bonchev–Trinajstić information content (AvgIpc) is 3.05. The summed E-state index contributed by atoms with van der Waals surface area (Å²) in [4.78, 5) is 26.6. The van der Waals surface area contributed by atoms with E-state index in [4.69, 9.17) is 0 Å². The first-order chi connectivity index (χ1) is 11.5. The summed E-state index contributed by atoms with van der Waals surface area (Å²) in [5, 5.41) is 5.89. The van der Waals surface area contributed by atoms with Crippen molar-refractivity contribution in [2.45, 2.75) is 6.92 Å². The number of anilines is 2. The minimum Gasteiger partial charge on any atom is -0.345 e. The number of hydrogen-bond acceptors (Lipinski definition) is 6. The number of pyridine rings is 2. The van der Waals surface area contributed by atoms with Gasteiger partial charge in [-0.2, -0.15) is 0 Å². The van der Waals surface area contributed by atoms with Crippen molar-refractivity contribution in [3.05, 3.63) is 53.2 Å². The van der Waals surface area contributed by atoms with E-state index in [0.717, 1.165) is 27.9 Å². The van der Waals surface area contributed by atoms with E-state index < -0.39 is 0 Å². The Bertz CT molecular complexity index is 857. The normalized spacial score (nSPS) is 10.5. The maximum Gasteiger partial charge on any atom is 0.254 e. The third kappa shape index (κ3) is 3.41. The van der Waals surface area contributed by atoms with Crippen LogP contribution in [0, 0.1) is 6.92 Å². The van der Waals surface area contributed by atoms with Crippen molar-refractivity contribution >= 4 is 28.2 Å². The number of nitrogens with one attached hydrogen (secondary N) is 1. The number of aromatic nitrogens is 3. The van der Waals surface area contributed by atoms with Crippen LogP contribution in [-0.4, -0.2) is 39.9 Å². The second-order valence-electron chi connectivity index (χ2n) is 5.46. The largest absolute Gasteiger partial charge is 0.345 e. The summed E-state index contributed by atoms with van der Waals surface area (Å²) < 4.78 is 0. The highest BCUT2D eigenvalue weighted by Crippen LogP contribution is 2.26. The van der Waals surface area contributed by atoms with Crippen molar-refractivity contribution in [1.82, 2.24) is 19.9 Å². The van der Waals surface area contributed by atoms with Gasteiger partial charge in [0.2, 0.25) is 0 Å². The Hall–Kier alpha value is -2.80. The maximum absolute atomic E-state index is 11.9. The summed E-state index contributed by atoms with van der Waals surface area (Å²) >= 11 is 1.49. The number of aryl methyl sites for hydroxylation is 1. The second kappa shape index (κ2) is 6.76. The highest BCUT2D eigenvalue weighted by Gasteiger charge is 2.11. The van der Waals surface area contributed by atoms with Crippen LogP contribution < -0.4 is 5.32 Å². The molecular weight excluding hydrogens is 322 g/mol. The van der Waals surface area contributed by atoms with Crippen LogP contribution in [0.15, 0.2) is 42.0 Å². The molecule has 0 aliphatic carbocycles. The molecule has 6 nitrogen and oxygen atoms in total. The molecule has 0 aliphatic rings. The van der Waals surface area contributed by atoms with E-state index in [1.54, 1.807) is 32.6 Å². The topological polar surface area (TPSA) is 71.0 Å². The molecular formula is C17H17N5OS. The molecule has 0 saturated carbocycles. The first kappa shape index (κ1) is 16.1. The van der Waals surface area contributed by atoms with Gasteiger partial charge in [0.15, 0.2) is 5.13 Å². The highest BCUT2D eigenvalue weighted by atomic mass is 32.1. The van der Waals surface area contributed by atoms with Crippen LogP contribution in [0.2, 0.25) is 0 Å². The third-order valence-electron chi connectivity index (χ3n) is 3.42. The maximum atomic E-state index is 11.9. The van der Waals surface area contributed by atoms with Crippen molar-refractivity contribution in [1.29, 1.82) is 0 Å². The van der Waals surface area contributed by atoms with Gasteiger partial charge in [0.05, 0.1) is 11.3 Å². The van der Waals surface area contributed by atoms with Gasteiger partial charge in [0.1, 0.15) is 11.5 Å². The Kier molecular flexibility index (Phi) is 4.52. The molecule has 3 aromatic rings. The Labute approximate surface area is 144 Å². The lowest BCUT2D eigenvalue weighted by molar-refractivity contribution is 0.0827. The molecule has 3 heterocycles. The second-order valence-corrected chi connectivity index (χ2v) is 6.32. The lowest BCUT2D eigenvalue weighted by Crippen LogP contribution is -2.21. The van der Waals surface area contributed by atoms with Crippen LogP contribution in [0.4, 0.5) is 10.9 Å². The summed E-state index contributed by atoms with van der Waals surface area (Å²) in [6.45, 7) is 1.99. The van der Waals surface area contributed by atoms with E-state index in [2.05, 4.69) is 20.3 Å². The van der Waals surface area contributed by atoms with Crippen molar-refractivity contribution < 1.29 is 4.79 Å². The monoisotopic (exact) mass is 339 g/mol. The van der Waals surface area contributed by atoms with Gasteiger partial charge in [0.25, 0.3) is 5.91 Å². The van der Waals surface area contributed by atoms with Crippen LogP contribution in [0.3, 0.4) is 0 Å². The first-order valence-corrected chi connectivity index (χ1v) is 8.25. The Morgan fingerprint density at radius 3 is 2.67 bits per heavy atom. The number of carbonyl (C=O) groups excluding carboxylic acids is 1. The molecule has 0 aliphatic heterocycles. The molecule has 0 fully saturated rings. The average molecular weight is 339 g/mol. The van der Waals surface area contributed by atoms with E-state index in [1.807, 2.05) is 30.5 Å². The summed E-state index contributed by atoms with van der Waals surface area (Å²) in [7, 11) is 3.43. The van der Waals surface area contributed by atoms with Crippen molar-refractivity contribution in [2.75, 3.05) is 19.4 Å². The number of hydrogen-bond donors (Lipinski definition) is 1. The van der Waals surface area contributed by atoms with Gasteiger partial charge in [-0.05, 0) is 30.7 Å². The van der Waals surface area contributed by atoms with Gasteiger partial charge < -0.3 is 10.2 Å². The molecule has 0 saturated heterocycles. The Morgan fingerprint density at radius 2 is 2.00 bits per heavy atom. The van der Waals surface area contributed by atoms with Crippen molar-refractivity contribution in [3.63, 3.8) is 0 Å². The molecule has 0 atom stereocenters. The zero-order valence-corrected chi connectivity index (χ0v) is 14.5. The molecule has 3 rings (SSSR count). The van der Waals surface area contributed by atoms with Gasteiger partial charge in [0, 0.05) is 31.9 Å². The van der Waals surface area contributed by atoms with Crippen LogP contribution in [0.5, 0.6) is 0 Å². The van der Waals surface area contributed by atoms with Crippen LogP contribution >= 0.6 is 11.3 Å². The SMILES string of the molecule is Cc1cccnc1Nc1nc(-c2ccc(C(=O)N(C)C)cn2)cs1. The predicted molar refractivity (Wildman–Crippen MR) is 95.6 cm³/mol. The zero-order valence-electron chi connectivity index (χ0n) is 13.6. The quantitative estimate of drug-likeness (QED) is 0.789. The van der Waals surface area contributed by atoms with E-state index in [0.29, 0.717) is 5.56 Å². The number of carbonyl (C=O) groups is 1. The molecule has 0 aromatic carbocycles. The fourth-order valence-corrected chi connectivity index (χ4v) is 2.80. The molecule has 0 bridgehead atoms. The van der Waals surface area contributed by atoms with Gasteiger partial charge >= 0.3 is 0 Å². The van der Waals surface area contributed by atoms with Crippen molar-refractivity contribution in [2.24, 2.45) is 0 Å². The van der Waals surface area contributed by atoms with E-state index in [9.17, 15) is 4.79 Å². The molecule has 0 spiro atoms. The fraction of sp³-hybridized carbons (Fsp3) is 0.176. The zero-order chi connectivity index (χ0) is 17.1. The lowest BCUT2D eigenvalue weighted by Gasteiger charge is -2.09. The fourth-order valence-electron chi connectivity index (χ4n) is 2.10. The predicted octanol–water partition coefficient (Wildman–Crippen LogP) is 3.35. The molecule has 3 aromatic heterocycles. The minimum absolute atomic E-state index is 0.0692. The van der Waals surface area contributed by atoms with Gasteiger partial charge in [-0.3, -0.25) is 9.78 Å². The summed E-state index contributed by atoms with van der Waals surface area (Å²) in [5.41, 5.74) is 3.10. The minimum atomic E-state index is -0.0692. The Morgan fingerprint density at radius 1 is 1.17 bits per heavy atom. The van der Waals surface area contributed by atoms with E-state index in [-0.39, 0.29) is 5.91 Å². The molecule has 1 N–H and O–H groups in total. The third-order valence-corrected chi connectivity index (χ3v) is 4.18. The molecule has 122 valence electrons. The molecule has 24 heavy (non-hydrogen) atoms. The van der Waals surface area contributed by atoms with Crippen LogP contribution in [0.25, 0.3) is 11.4 Å². The van der Waals surface area contributed by atoms with Crippen LogP contribution in [-0.2, 0) is 0 Å². The number of nitrogens with zero attached hydrogens (tertiary/aromatic N) is 4. The standard InChI is InChI=1S/C17H17N5OS/c1-11-5-4-8-18-15(11)21-17-20-14(10-24-17)13-7-6-12(9-19-13)16(23)22(2)3/h4-10H,1-3H3,(H,18,20,21).